The molecule has 4 heteroatoms. The van der Waals surface area contributed by atoms with Gasteiger partial charge in [-0.2, -0.15) is 0 Å². The molecule has 28 heavy (non-hydrogen) atoms. The summed E-state index contributed by atoms with van der Waals surface area (Å²) >= 11 is 0. The van der Waals surface area contributed by atoms with Crippen LogP contribution < -0.4 is 0 Å². The van der Waals surface area contributed by atoms with Gasteiger partial charge >= 0.3 is 0 Å². The molecule has 0 amide bonds. The summed E-state index contributed by atoms with van der Waals surface area (Å²) in [6.07, 6.45) is 10.1. The minimum atomic E-state index is -0.0499. The quantitative estimate of drug-likeness (QED) is 0.649. The lowest BCUT2D eigenvalue weighted by molar-refractivity contribution is -0.140. The van der Waals surface area contributed by atoms with Crippen molar-refractivity contribution in [3.8, 4) is 0 Å². The maximum absolute atomic E-state index is 13.7. The standard InChI is InChI=1S/C24H38N2O2/c1-23-7-6-17-16(5-4-15-12-20-21(28-20)14-24(15,17)2)18(23)13-19(22(23)27)26-10-8-25(3)9-11-26/h15-21H,4-14H2,1-3H3/t15?,16-,17+,18+,19+,20?,21?,23+,24+/m1/s1. The van der Waals surface area contributed by atoms with Crippen molar-refractivity contribution in [3.63, 3.8) is 0 Å². The Morgan fingerprint density at radius 2 is 1.75 bits per heavy atom. The predicted molar refractivity (Wildman–Crippen MR) is 109 cm³/mol. The zero-order valence-electron chi connectivity index (χ0n) is 18.0. The Balaban J connectivity index is 1.26. The lowest BCUT2D eigenvalue weighted by Crippen LogP contribution is -2.54. The number of epoxide rings is 1. The number of carbonyl (C=O) groups is 1. The Bertz CT molecular complexity index is 674. The first-order valence-corrected chi connectivity index (χ1v) is 12.0. The summed E-state index contributed by atoms with van der Waals surface area (Å²) in [5.41, 5.74) is 0.419. The van der Waals surface area contributed by atoms with Crippen LogP contribution in [0.2, 0.25) is 0 Å². The molecule has 9 atom stereocenters. The van der Waals surface area contributed by atoms with Gasteiger partial charge in [-0.25, -0.2) is 0 Å². The molecular weight excluding hydrogens is 348 g/mol. The van der Waals surface area contributed by atoms with Crippen molar-refractivity contribution in [3.05, 3.63) is 0 Å². The van der Waals surface area contributed by atoms with Crippen LogP contribution in [-0.4, -0.2) is 67.1 Å². The maximum Gasteiger partial charge on any atom is 0.156 e. The number of hydrogen-bond donors (Lipinski definition) is 0. The van der Waals surface area contributed by atoms with Gasteiger partial charge < -0.3 is 9.64 Å². The first kappa shape index (κ1) is 18.3. The van der Waals surface area contributed by atoms with E-state index in [2.05, 4.69) is 30.7 Å². The molecule has 2 aliphatic heterocycles. The van der Waals surface area contributed by atoms with Crippen molar-refractivity contribution in [1.82, 2.24) is 9.80 Å². The first-order chi connectivity index (χ1) is 13.4. The minimum Gasteiger partial charge on any atom is -0.370 e. The predicted octanol–water partition coefficient (Wildman–Crippen LogP) is 3.20. The van der Waals surface area contributed by atoms with Gasteiger partial charge in [0.05, 0.1) is 18.2 Å². The second kappa shape index (κ2) is 6.04. The van der Waals surface area contributed by atoms with Crippen LogP contribution in [0.25, 0.3) is 0 Å². The summed E-state index contributed by atoms with van der Waals surface area (Å²) in [5, 5.41) is 0. The molecule has 6 rings (SSSR count). The van der Waals surface area contributed by atoms with Crippen molar-refractivity contribution in [2.75, 3.05) is 33.2 Å². The fourth-order valence-corrected chi connectivity index (χ4v) is 8.76. The highest BCUT2D eigenvalue weighted by Gasteiger charge is 2.65. The van der Waals surface area contributed by atoms with Gasteiger partial charge in [-0.1, -0.05) is 13.8 Å². The van der Waals surface area contributed by atoms with Gasteiger partial charge in [0, 0.05) is 31.6 Å². The van der Waals surface area contributed by atoms with Gasteiger partial charge in [-0.3, -0.25) is 9.69 Å². The number of rotatable bonds is 1. The zero-order valence-corrected chi connectivity index (χ0v) is 18.0. The van der Waals surface area contributed by atoms with Crippen LogP contribution in [0.4, 0.5) is 0 Å². The van der Waals surface area contributed by atoms with Crippen LogP contribution in [0.15, 0.2) is 0 Å². The number of ketones is 1. The Hall–Kier alpha value is -0.450. The van der Waals surface area contributed by atoms with Crippen molar-refractivity contribution in [2.24, 2.45) is 34.5 Å². The molecule has 0 spiro atoms. The largest absolute Gasteiger partial charge is 0.370 e. The van der Waals surface area contributed by atoms with Gasteiger partial charge in [0.25, 0.3) is 0 Å². The van der Waals surface area contributed by atoms with E-state index in [4.69, 9.17) is 4.74 Å². The van der Waals surface area contributed by atoms with Gasteiger partial charge in [0.2, 0.25) is 0 Å². The van der Waals surface area contributed by atoms with E-state index in [1.54, 1.807) is 0 Å². The molecule has 4 nitrogen and oxygen atoms in total. The van der Waals surface area contributed by atoms with E-state index in [1.807, 2.05) is 0 Å². The third-order valence-electron chi connectivity index (χ3n) is 10.6. The van der Waals surface area contributed by atoms with E-state index < -0.39 is 0 Å². The van der Waals surface area contributed by atoms with Gasteiger partial charge in [0.15, 0.2) is 5.78 Å². The second-order valence-electron chi connectivity index (χ2n) is 11.7. The summed E-state index contributed by atoms with van der Waals surface area (Å²) in [7, 11) is 2.21. The molecule has 2 heterocycles. The molecule has 6 aliphatic rings. The number of carbonyl (C=O) groups excluding carboxylic acids is 1. The van der Waals surface area contributed by atoms with Gasteiger partial charge in [-0.05, 0) is 81.1 Å². The molecule has 0 aromatic rings. The number of piperazine rings is 1. The summed E-state index contributed by atoms with van der Waals surface area (Å²) in [6, 6.07) is 0.204. The fourth-order valence-electron chi connectivity index (χ4n) is 8.76. The van der Waals surface area contributed by atoms with Crippen LogP contribution in [0.5, 0.6) is 0 Å². The first-order valence-electron chi connectivity index (χ1n) is 12.0. The Labute approximate surface area is 170 Å². The highest BCUT2D eigenvalue weighted by molar-refractivity contribution is 5.92. The number of nitrogens with zero attached hydrogens (tertiary/aromatic N) is 2. The van der Waals surface area contributed by atoms with E-state index in [1.165, 1.54) is 32.1 Å². The van der Waals surface area contributed by atoms with Crippen LogP contribution in [0.3, 0.4) is 0 Å². The fraction of sp³-hybridized carbons (Fsp3) is 0.958. The van der Waals surface area contributed by atoms with E-state index in [-0.39, 0.29) is 11.5 Å². The summed E-state index contributed by atoms with van der Waals surface area (Å²) in [6.45, 7) is 9.32. The molecule has 0 N–H and O–H groups in total. The summed E-state index contributed by atoms with van der Waals surface area (Å²) in [5.74, 6) is 3.69. The number of fused-ring (bicyclic) bond motifs is 6. The van der Waals surface area contributed by atoms with E-state index >= 15 is 0 Å². The normalized spacial score (nSPS) is 56.5. The molecule has 4 saturated carbocycles. The molecule has 3 unspecified atom stereocenters. The molecule has 4 aliphatic carbocycles. The van der Waals surface area contributed by atoms with E-state index in [0.717, 1.165) is 56.8 Å². The van der Waals surface area contributed by atoms with Crippen LogP contribution >= 0.6 is 0 Å². The highest BCUT2D eigenvalue weighted by atomic mass is 16.6. The molecule has 0 radical (unpaired) electrons. The Morgan fingerprint density at radius 3 is 2.54 bits per heavy atom. The van der Waals surface area contributed by atoms with Gasteiger partial charge in [0.1, 0.15) is 0 Å². The third-order valence-corrected chi connectivity index (χ3v) is 10.6. The van der Waals surface area contributed by atoms with Crippen LogP contribution in [0.1, 0.15) is 58.8 Å². The van der Waals surface area contributed by atoms with Crippen molar-refractivity contribution >= 4 is 5.78 Å². The second-order valence-corrected chi connectivity index (χ2v) is 11.7. The topological polar surface area (TPSA) is 36.1 Å². The lowest BCUT2D eigenvalue weighted by Gasteiger charge is -2.58. The average Bonchev–Trinajstić information content (AvgIpc) is 3.36. The van der Waals surface area contributed by atoms with E-state index in [9.17, 15) is 4.79 Å². The highest BCUT2D eigenvalue weighted by Crippen LogP contribution is 2.67. The van der Waals surface area contributed by atoms with Crippen molar-refractivity contribution in [2.45, 2.75) is 77.0 Å². The lowest BCUT2D eigenvalue weighted by atomic mass is 9.45. The monoisotopic (exact) mass is 386 g/mol. The van der Waals surface area contributed by atoms with Crippen LogP contribution in [0, 0.1) is 34.5 Å². The molecule has 6 fully saturated rings. The molecule has 156 valence electrons. The number of Topliss-reactive ketones (excluding diaryl/α,β-unsaturated/α-hetero) is 1. The number of ether oxygens (including phenoxy) is 1. The third kappa shape index (κ3) is 2.43. The molecule has 0 bridgehead atoms. The SMILES string of the molecule is CN1CCN([C@H]2C[C@H]3[C@@H]4CCC5CC6OC6C[C@]5(C)[C@H]4CC[C@]3(C)C2=O)CC1. The molecule has 0 aromatic heterocycles. The number of likely N-dealkylation sites (N-methyl/N-ethyl adjacent to an activating group) is 1. The Morgan fingerprint density at radius 1 is 0.964 bits per heavy atom. The molecule has 0 aromatic carbocycles. The zero-order chi connectivity index (χ0) is 19.3. The summed E-state index contributed by atoms with van der Waals surface area (Å²) in [4.78, 5) is 18.6. The Kier molecular flexibility index (Phi) is 3.96. The van der Waals surface area contributed by atoms with E-state index in [0.29, 0.717) is 29.3 Å². The smallest absolute Gasteiger partial charge is 0.156 e. The summed E-state index contributed by atoms with van der Waals surface area (Å²) < 4.78 is 5.98. The van der Waals surface area contributed by atoms with Crippen LogP contribution in [-0.2, 0) is 9.53 Å². The van der Waals surface area contributed by atoms with Crippen molar-refractivity contribution in [1.29, 1.82) is 0 Å². The molecule has 2 saturated heterocycles. The molecular formula is C24H38N2O2. The van der Waals surface area contributed by atoms with Crippen molar-refractivity contribution < 1.29 is 9.53 Å². The van der Waals surface area contributed by atoms with Gasteiger partial charge in [-0.15, -0.1) is 0 Å². The maximum atomic E-state index is 13.7. The minimum absolute atomic E-state index is 0.0499. The average molecular weight is 387 g/mol. The number of hydrogen-bond acceptors (Lipinski definition) is 4.